The Balaban J connectivity index is 2.30. The number of hydrogen-bond acceptors (Lipinski definition) is 2. The van der Waals surface area contributed by atoms with Crippen LogP contribution in [0.3, 0.4) is 0 Å². The van der Waals surface area contributed by atoms with Gasteiger partial charge in [0.1, 0.15) is 0 Å². The molecule has 2 amide bonds. The summed E-state index contributed by atoms with van der Waals surface area (Å²) in [6.45, 7) is 1.88. The van der Waals surface area contributed by atoms with Crippen molar-refractivity contribution in [3.63, 3.8) is 0 Å². The lowest BCUT2D eigenvalue weighted by Crippen LogP contribution is -2.24. The van der Waals surface area contributed by atoms with Gasteiger partial charge in [0.05, 0.1) is 11.3 Å². The number of nitrogens with one attached hydrogen (secondary N) is 1. The van der Waals surface area contributed by atoms with Gasteiger partial charge in [-0.05, 0) is 30.7 Å². The molecule has 4 heteroatoms. The zero-order valence-corrected chi connectivity index (χ0v) is 12.4. The van der Waals surface area contributed by atoms with Gasteiger partial charge in [0.2, 0.25) is 0 Å². The molecule has 2 aromatic rings. The third-order valence-corrected chi connectivity index (χ3v) is 3.20. The van der Waals surface area contributed by atoms with E-state index in [1.165, 1.54) is 4.90 Å². The number of hydrogen-bond donors (Lipinski definition) is 1. The first-order valence-corrected chi connectivity index (χ1v) is 6.68. The van der Waals surface area contributed by atoms with Gasteiger partial charge in [0.15, 0.2) is 0 Å². The van der Waals surface area contributed by atoms with Crippen molar-refractivity contribution in [2.24, 2.45) is 0 Å². The third kappa shape index (κ3) is 3.28. The van der Waals surface area contributed by atoms with Crippen molar-refractivity contribution in [1.82, 2.24) is 4.90 Å². The van der Waals surface area contributed by atoms with E-state index in [0.29, 0.717) is 16.8 Å². The smallest absolute Gasteiger partial charge is 0.255 e. The highest BCUT2D eigenvalue weighted by Gasteiger charge is 2.15. The van der Waals surface area contributed by atoms with Crippen LogP contribution in [-0.2, 0) is 0 Å². The molecule has 0 heterocycles. The molecule has 0 radical (unpaired) electrons. The van der Waals surface area contributed by atoms with E-state index in [0.717, 1.165) is 5.56 Å². The molecule has 0 aliphatic heterocycles. The lowest BCUT2D eigenvalue weighted by molar-refractivity contribution is 0.0828. The van der Waals surface area contributed by atoms with Crippen molar-refractivity contribution in [2.75, 3.05) is 19.4 Å². The van der Waals surface area contributed by atoms with Gasteiger partial charge in [0.25, 0.3) is 11.8 Å². The summed E-state index contributed by atoms with van der Waals surface area (Å²) in [6.07, 6.45) is 0. The van der Waals surface area contributed by atoms with Crippen molar-refractivity contribution in [3.05, 3.63) is 65.2 Å². The van der Waals surface area contributed by atoms with Crippen LogP contribution in [0.25, 0.3) is 0 Å². The third-order valence-electron chi connectivity index (χ3n) is 3.20. The van der Waals surface area contributed by atoms with E-state index in [9.17, 15) is 9.59 Å². The Bertz CT molecular complexity index is 678. The fourth-order valence-electron chi connectivity index (χ4n) is 2.04. The summed E-state index contributed by atoms with van der Waals surface area (Å²) in [5, 5.41) is 2.82. The van der Waals surface area contributed by atoms with Crippen LogP contribution in [0.2, 0.25) is 0 Å². The highest BCUT2D eigenvalue weighted by atomic mass is 16.2. The maximum absolute atomic E-state index is 12.3. The minimum Gasteiger partial charge on any atom is -0.345 e. The summed E-state index contributed by atoms with van der Waals surface area (Å²) in [5.41, 5.74) is 2.49. The molecule has 0 bridgehead atoms. The van der Waals surface area contributed by atoms with Crippen molar-refractivity contribution < 1.29 is 9.59 Å². The van der Waals surface area contributed by atoms with Crippen molar-refractivity contribution in [3.8, 4) is 0 Å². The molecule has 0 aromatic heterocycles. The molecule has 4 nitrogen and oxygen atoms in total. The van der Waals surface area contributed by atoms with Gasteiger partial charge in [-0.25, -0.2) is 0 Å². The first-order valence-electron chi connectivity index (χ1n) is 6.68. The van der Waals surface area contributed by atoms with E-state index in [1.807, 2.05) is 25.1 Å². The predicted molar refractivity (Wildman–Crippen MR) is 83.6 cm³/mol. The van der Waals surface area contributed by atoms with Crippen LogP contribution in [0, 0.1) is 6.92 Å². The molecule has 2 aromatic carbocycles. The average molecular weight is 282 g/mol. The first-order chi connectivity index (χ1) is 10.0. The fourth-order valence-corrected chi connectivity index (χ4v) is 2.04. The summed E-state index contributed by atoms with van der Waals surface area (Å²) in [4.78, 5) is 26.0. The number of anilines is 1. The van der Waals surface area contributed by atoms with Crippen molar-refractivity contribution in [1.29, 1.82) is 0 Å². The number of benzene rings is 2. The predicted octanol–water partition coefficient (Wildman–Crippen LogP) is 2.95. The molecule has 0 atom stereocenters. The second-order valence-electron chi connectivity index (χ2n) is 5.01. The minimum atomic E-state index is -0.216. The van der Waals surface area contributed by atoms with Crippen LogP contribution >= 0.6 is 0 Å². The number of rotatable bonds is 3. The summed E-state index contributed by atoms with van der Waals surface area (Å²) >= 11 is 0. The molecule has 0 aliphatic rings. The number of nitrogens with zero attached hydrogens (tertiary/aromatic N) is 1. The molecule has 21 heavy (non-hydrogen) atoms. The Labute approximate surface area is 124 Å². The summed E-state index contributed by atoms with van der Waals surface area (Å²) < 4.78 is 0. The van der Waals surface area contributed by atoms with E-state index >= 15 is 0 Å². The molecule has 2 rings (SSSR count). The average Bonchev–Trinajstić information content (AvgIpc) is 2.47. The highest BCUT2D eigenvalue weighted by Crippen LogP contribution is 2.18. The largest absolute Gasteiger partial charge is 0.345 e. The van der Waals surface area contributed by atoms with E-state index in [-0.39, 0.29) is 11.8 Å². The number of para-hydroxylation sites is 1. The Hall–Kier alpha value is -2.62. The standard InChI is InChI=1S/C17H18N2O2/c1-12-8-4-5-9-13(12)16(20)18-15-11-7-6-10-14(15)17(21)19(2)3/h4-11H,1-3H3,(H,18,20). The van der Waals surface area contributed by atoms with Crippen LogP contribution < -0.4 is 5.32 Å². The summed E-state index contributed by atoms with van der Waals surface area (Å²) in [7, 11) is 3.37. The maximum Gasteiger partial charge on any atom is 0.255 e. The monoisotopic (exact) mass is 282 g/mol. The van der Waals surface area contributed by atoms with Gasteiger partial charge in [-0.2, -0.15) is 0 Å². The molecule has 1 N–H and O–H groups in total. The van der Waals surface area contributed by atoms with E-state index in [2.05, 4.69) is 5.32 Å². The van der Waals surface area contributed by atoms with Gasteiger partial charge in [0, 0.05) is 19.7 Å². The summed E-state index contributed by atoms with van der Waals surface area (Å²) in [5.74, 6) is -0.359. The van der Waals surface area contributed by atoms with E-state index in [4.69, 9.17) is 0 Å². The Morgan fingerprint density at radius 1 is 0.905 bits per heavy atom. The van der Waals surface area contributed by atoms with E-state index < -0.39 is 0 Å². The normalized spacial score (nSPS) is 10.0. The molecule has 0 spiro atoms. The topological polar surface area (TPSA) is 49.4 Å². The van der Waals surface area contributed by atoms with Crippen LogP contribution in [0.4, 0.5) is 5.69 Å². The highest BCUT2D eigenvalue weighted by molar-refractivity contribution is 6.09. The number of amides is 2. The Morgan fingerprint density at radius 2 is 1.48 bits per heavy atom. The van der Waals surface area contributed by atoms with Crippen molar-refractivity contribution in [2.45, 2.75) is 6.92 Å². The molecule has 0 aliphatic carbocycles. The first kappa shape index (κ1) is 14.8. The van der Waals surface area contributed by atoms with E-state index in [1.54, 1.807) is 44.4 Å². The lowest BCUT2D eigenvalue weighted by atomic mass is 10.1. The zero-order chi connectivity index (χ0) is 15.4. The van der Waals surface area contributed by atoms with Gasteiger partial charge >= 0.3 is 0 Å². The van der Waals surface area contributed by atoms with Crippen LogP contribution in [-0.4, -0.2) is 30.8 Å². The Morgan fingerprint density at radius 3 is 2.10 bits per heavy atom. The van der Waals surface area contributed by atoms with Gasteiger partial charge in [-0.15, -0.1) is 0 Å². The van der Waals surface area contributed by atoms with Crippen LogP contribution in [0.1, 0.15) is 26.3 Å². The molecular weight excluding hydrogens is 264 g/mol. The number of carbonyl (C=O) groups is 2. The minimum absolute atomic E-state index is 0.143. The zero-order valence-electron chi connectivity index (χ0n) is 12.4. The molecule has 0 saturated carbocycles. The van der Waals surface area contributed by atoms with Gasteiger partial charge in [-0.3, -0.25) is 9.59 Å². The number of carbonyl (C=O) groups excluding carboxylic acids is 2. The fraction of sp³-hybridized carbons (Fsp3) is 0.176. The molecule has 0 fully saturated rings. The molecule has 0 saturated heterocycles. The number of aryl methyl sites for hydroxylation is 1. The molecule has 0 unspecified atom stereocenters. The SMILES string of the molecule is Cc1ccccc1C(=O)Nc1ccccc1C(=O)N(C)C. The van der Waals surface area contributed by atoms with Gasteiger partial charge < -0.3 is 10.2 Å². The second kappa shape index (κ2) is 6.22. The lowest BCUT2D eigenvalue weighted by Gasteiger charge is -2.15. The second-order valence-corrected chi connectivity index (χ2v) is 5.01. The van der Waals surface area contributed by atoms with Crippen LogP contribution in [0.15, 0.2) is 48.5 Å². The quantitative estimate of drug-likeness (QED) is 0.941. The van der Waals surface area contributed by atoms with Gasteiger partial charge in [-0.1, -0.05) is 30.3 Å². The molecule has 108 valence electrons. The van der Waals surface area contributed by atoms with Crippen molar-refractivity contribution >= 4 is 17.5 Å². The van der Waals surface area contributed by atoms with Crippen LogP contribution in [0.5, 0.6) is 0 Å². The molecular formula is C17H18N2O2. The maximum atomic E-state index is 12.3. The summed E-state index contributed by atoms with van der Waals surface area (Å²) in [6, 6.07) is 14.4. The Kier molecular flexibility index (Phi) is 4.38.